The van der Waals surface area contributed by atoms with E-state index in [2.05, 4.69) is 10.3 Å². The lowest BCUT2D eigenvalue weighted by Crippen LogP contribution is -2.27. The Kier molecular flexibility index (Phi) is 5.81. The summed E-state index contributed by atoms with van der Waals surface area (Å²) in [6, 6.07) is 8.91. The molecule has 0 unspecified atom stereocenters. The number of pyridine rings is 1. The van der Waals surface area contributed by atoms with Crippen LogP contribution in [-0.2, 0) is 16.1 Å². The van der Waals surface area contributed by atoms with Gasteiger partial charge in [0.25, 0.3) is 11.5 Å². The highest BCUT2D eigenvalue weighted by Gasteiger charge is 2.33. The molecule has 0 bridgehead atoms. The number of carbonyl (C=O) groups excluding carboxylic acids is 1. The highest BCUT2D eigenvalue weighted by Crippen LogP contribution is 2.34. The molecule has 2 aliphatic heterocycles. The number of nitrogens with one attached hydrogen (secondary N) is 1. The Bertz CT molecular complexity index is 1260. The van der Waals surface area contributed by atoms with E-state index in [9.17, 15) is 9.59 Å². The molecule has 2 fully saturated rings. The normalized spacial score (nSPS) is 20.1. The maximum atomic E-state index is 13.3. The maximum Gasteiger partial charge on any atom is 0.267 e. The van der Waals surface area contributed by atoms with Crippen LogP contribution < -0.4 is 10.9 Å². The van der Waals surface area contributed by atoms with E-state index < -0.39 is 0 Å². The first-order chi connectivity index (χ1) is 15.6. The van der Waals surface area contributed by atoms with Crippen molar-refractivity contribution in [1.29, 1.82) is 0 Å². The monoisotopic (exact) mass is 468 g/mol. The van der Waals surface area contributed by atoms with Gasteiger partial charge in [-0.2, -0.15) is 0 Å². The minimum atomic E-state index is -0.265. The van der Waals surface area contributed by atoms with Crippen molar-refractivity contribution >= 4 is 51.7 Å². The number of fused-ring (bicyclic) bond motifs is 1. The number of thioether (sulfide) groups is 1. The van der Waals surface area contributed by atoms with Crippen LogP contribution in [0.5, 0.6) is 0 Å². The molecule has 5 rings (SSSR count). The summed E-state index contributed by atoms with van der Waals surface area (Å²) in [5, 5.41) is 3.26. The number of anilines is 1. The summed E-state index contributed by atoms with van der Waals surface area (Å²) in [6.07, 6.45) is 6.84. The smallest absolute Gasteiger partial charge is 0.267 e. The predicted molar refractivity (Wildman–Crippen MR) is 126 cm³/mol. The van der Waals surface area contributed by atoms with E-state index in [1.165, 1.54) is 9.30 Å². The largest absolute Gasteiger partial charge is 0.467 e. The van der Waals surface area contributed by atoms with E-state index in [0.717, 1.165) is 31.2 Å². The molecule has 0 aliphatic carbocycles. The molecule has 0 aromatic carbocycles. The minimum absolute atomic E-state index is 0.0744. The molecule has 32 heavy (non-hydrogen) atoms. The van der Waals surface area contributed by atoms with E-state index in [-0.39, 0.29) is 24.1 Å². The molecular weight excluding hydrogens is 448 g/mol. The van der Waals surface area contributed by atoms with Gasteiger partial charge in [0.2, 0.25) is 0 Å². The van der Waals surface area contributed by atoms with E-state index in [1.807, 2.05) is 6.07 Å². The highest BCUT2D eigenvalue weighted by atomic mass is 32.2. The Hall–Kier alpha value is -2.95. The third-order valence-corrected chi connectivity index (χ3v) is 6.71. The molecule has 2 saturated heterocycles. The second-order valence-corrected chi connectivity index (χ2v) is 9.15. The molecule has 10 heteroatoms. The topological polar surface area (TPSA) is 89.1 Å². The Morgan fingerprint density at radius 1 is 1.28 bits per heavy atom. The number of amides is 1. The van der Waals surface area contributed by atoms with Gasteiger partial charge in [0.15, 0.2) is 0 Å². The lowest BCUT2D eigenvalue weighted by Gasteiger charge is -2.14. The van der Waals surface area contributed by atoms with Crippen LogP contribution in [0.3, 0.4) is 0 Å². The van der Waals surface area contributed by atoms with Crippen molar-refractivity contribution in [2.24, 2.45) is 0 Å². The summed E-state index contributed by atoms with van der Waals surface area (Å²) in [5.41, 5.74) is 0.571. The molecule has 3 aromatic rings. The van der Waals surface area contributed by atoms with Crippen molar-refractivity contribution in [1.82, 2.24) is 14.3 Å². The molecule has 2 aliphatic rings. The summed E-state index contributed by atoms with van der Waals surface area (Å²) < 4.78 is 12.9. The standard InChI is InChI=1S/C22H20N4O4S2/c27-20-16(11-17-21(28)26(22(31)32-17)13-15-6-4-10-30-15)19(23-12-14-5-3-9-29-14)24-18-7-1-2-8-25(18)20/h1-2,4,6-8,10-11,14,23H,3,5,9,12-13H2/b17-11+/t14-/m1/s1. The number of nitrogens with zero attached hydrogens (tertiary/aromatic N) is 3. The minimum Gasteiger partial charge on any atom is -0.467 e. The third kappa shape index (κ3) is 4.08. The lowest BCUT2D eigenvalue weighted by atomic mass is 10.2. The summed E-state index contributed by atoms with van der Waals surface area (Å²) in [4.78, 5) is 32.8. The molecule has 1 N–H and O–H groups in total. The molecule has 5 heterocycles. The summed E-state index contributed by atoms with van der Waals surface area (Å²) >= 11 is 6.57. The number of ether oxygens (including phenoxy) is 1. The molecule has 8 nitrogen and oxygen atoms in total. The van der Waals surface area contributed by atoms with Crippen LogP contribution in [0, 0.1) is 0 Å². The van der Waals surface area contributed by atoms with Gasteiger partial charge in [-0.05, 0) is 43.2 Å². The van der Waals surface area contributed by atoms with E-state index in [1.54, 1.807) is 42.8 Å². The zero-order valence-corrected chi connectivity index (χ0v) is 18.7. The highest BCUT2D eigenvalue weighted by molar-refractivity contribution is 8.26. The van der Waals surface area contributed by atoms with Gasteiger partial charge in [-0.1, -0.05) is 30.0 Å². The Morgan fingerprint density at radius 3 is 2.97 bits per heavy atom. The molecule has 0 radical (unpaired) electrons. The molecule has 164 valence electrons. The van der Waals surface area contributed by atoms with Gasteiger partial charge < -0.3 is 14.5 Å². The van der Waals surface area contributed by atoms with Crippen LogP contribution in [0.2, 0.25) is 0 Å². The van der Waals surface area contributed by atoms with Gasteiger partial charge in [-0.3, -0.25) is 18.9 Å². The number of furan rings is 1. The summed E-state index contributed by atoms with van der Waals surface area (Å²) in [6.45, 7) is 1.52. The van der Waals surface area contributed by atoms with E-state index in [4.69, 9.17) is 21.4 Å². The van der Waals surface area contributed by atoms with Gasteiger partial charge in [0.1, 0.15) is 21.5 Å². The zero-order valence-electron chi connectivity index (χ0n) is 17.0. The van der Waals surface area contributed by atoms with Crippen molar-refractivity contribution in [2.75, 3.05) is 18.5 Å². The fraction of sp³-hybridized carbons (Fsp3) is 0.273. The average Bonchev–Trinajstić information content (AvgIpc) is 3.55. The van der Waals surface area contributed by atoms with E-state index >= 15 is 0 Å². The lowest BCUT2D eigenvalue weighted by molar-refractivity contribution is -0.122. The molecule has 3 aromatic heterocycles. The van der Waals surface area contributed by atoms with Crippen molar-refractivity contribution in [3.05, 3.63) is 69.4 Å². The van der Waals surface area contributed by atoms with Crippen molar-refractivity contribution in [3.8, 4) is 0 Å². The van der Waals surface area contributed by atoms with E-state index in [0.29, 0.717) is 38.6 Å². The van der Waals surface area contributed by atoms with Gasteiger partial charge >= 0.3 is 0 Å². The Balaban J connectivity index is 1.50. The Labute approximate surface area is 193 Å². The van der Waals surface area contributed by atoms with Gasteiger partial charge in [-0.15, -0.1) is 0 Å². The average molecular weight is 469 g/mol. The quantitative estimate of drug-likeness (QED) is 0.436. The van der Waals surface area contributed by atoms with Crippen molar-refractivity contribution in [3.63, 3.8) is 0 Å². The number of hydrogen-bond acceptors (Lipinski definition) is 8. The fourth-order valence-electron chi connectivity index (χ4n) is 3.71. The van der Waals surface area contributed by atoms with Crippen LogP contribution in [0.4, 0.5) is 5.82 Å². The van der Waals surface area contributed by atoms with Crippen LogP contribution in [0.15, 0.2) is 56.9 Å². The van der Waals surface area contributed by atoms with Gasteiger partial charge in [-0.25, -0.2) is 4.98 Å². The van der Waals surface area contributed by atoms with Crippen LogP contribution >= 0.6 is 24.0 Å². The first kappa shape index (κ1) is 20.9. The predicted octanol–water partition coefficient (Wildman–Crippen LogP) is 3.28. The van der Waals surface area contributed by atoms with Crippen LogP contribution in [0.1, 0.15) is 24.2 Å². The first-order valence-electron chi connectivity index (χ1n) is 10.2. The molecular formula is C22H20N4O4S2. The first-order valence-corrected chi connectivity index (χ1v) is 11.5. The van der Waals surface area contributed by atoms with Crippen LogP contribution in [-0.4, -0.2) is 43.8 Å². The van der Waals surface area contributed by atoms with Gasteiger partial charge in [0.05, 0.1) is 29.4 Å². The summed E-state index contributed by atoms with van der Waals surface area (Å²) in [5.74, 6) is 0.793. The second-order valence-electron chi connectivity index (χ2n) is 7.47. The van der Waals surface area contributed by atoms with Crippen molar-refractivity contribution in [2.45, 2.75) is 25.5 Å². The van der Waals surface area contributed by atoms with Crippen LogP contribution in [0.25, 0.3) is 11.7 Å². The molecule has 0 spiro atoms. The molecule has 1 atom stereocenters. The number of carbonyl (C=O) groups is 1. The summed E-state index contributed by atoms with van der Waals surface area (Å²) in [7, 11) is 0. The number of hydrogen-bond donors (Lipinski definition) is 1. The fourth-order valence-corrected chi connectivity index (χ4v) is 4.95. The zero-order chi connectivity index (χ0) is 22.1. The Morgan fingerprint density at radius 2 is 2.19 bits per heavy atom. The SMILES string of the molecule is O=C1/C(=C\c2c(NC[C@H]3CCCO3)nc3ccccn3c2=O)SC(=S)N1Cc1ccco1. The number of thiocarbonyl (C=S) groups is 1. The number of rotatable bonds is 6. The molecule has 1 amide bonds. The third-order valence-electron chi connectivity index (χ3n) is 5.33. The maximum absolute atomic E-state index is 13.3. The molecule has 0 saturated carbocycles. The van der Waals surface area contributed by atoms with Crippen molar-refractivity contribution < 1.29 is 13.9 Å². The number of aromatic nitrogens is 2. The second kappa shape index (κ2) is 8.89. The van der Waals surface area contributed by atoms with Gasteiger partial charge in [0, 0.05) is 19.3 Å².